The van der Waals surface area contributed by atoms with Crippen molar-refractivity contribution in [2.24, 2.45) is 5.10 Å². The minimum Gasteiger partial charge on any atom is -0.280 e. The first kappa shape index (κ1) is 22.5. The predicted molar refractivity (Wildman–Crippen MR) is 122 cm³/mol. The Morgan fingerprint density at radius 2 is 1.13 bits per heavy atom. The van der Waals surface area contributed by atoms with E-state index < -0.39 is 20.0 Å². The van der Waals surface area contributed by atoms with Crippen LogP contribution in [0.5, 0.6) is 0 Å². The van der Waals surface area contributed by atoms with Crippen LogP contribution in [0.15, 0.2) is 87.7 Å². The van der Waals surface area contributed by atoms with Crippen molar-refractivity contribution in [3.63, 3.8) is 0 Å². The van der Waals surface area contributed by atoms with Gasteiger partial charge in [0.05, 0.1) is 15.5 Å². The molecular formula is C22H23N3O4S2. The van der Waals surface area contributed by atoms with Gasteiger partial charge in [-0.1, -0.05) is 47.5 Å². The second-order valence-electron chi connectivity index (χ2n) is 7.10. The van der Waals surface area contributed by atoms with Crippen molar-refractivity contribution in [3.8, 4) is 0 Å². The number of hydrazone groups is 1. The number of anilines is 1. The molecule has 0 aliphatic rings. The lowest BCUT2D eigenvalue weighted by atomic mass is 10.1. The van der Waals surface area contributed by atoms with Crippen LogP contribution in [0.1, 0.15) is 23.6 Å². The van der Waals surface area contributed by atoms with Gasteiger partial charge in [-0.3, -0.25) is 4.72 Å². The lowest BCUT2D eigenvalue weighted by Gasteiger charge is -2.09. The molecule has 0 aliphatic heterocycles. The number of nitrogens with one attached hydrogen (secondary N) is 2. The van der Waals surface area contributed by atoms with E-state index in [1.165, 1.54) is 12.1 Å². The van der Waals surface area contributed by atoms with Gasteiger partial charge in [0.2, 0.25) is 0 Å². The molecular weight excluding hydrogens is 434 g/mol. The van der Waals surface area contributed by atoms with Gasteiger partial charge in [0.15, 0.2) is 0 Å². The van der Waals surface area contributed by atoms with E-state index in [1.54, 1.807) is 67.6 Å². The fourth-order valence-corrected chi connectivity index (χ4v) is 4.59. The molecule has 3 aromatic rings. The average molecular weight is 458 g/mol. The Morgan fingerprint density at radius 1 is 0.677 bits per heavy atom. The Bertz CT molecular complexity index is 1300. The number of rotatable bonds is 7. The number of sulfonamides is 2. The number of hydrogen-bond acceptors (Lipinski definition) is 5. The van der Waals surface area contributed by atoms with Crippen LogP contribution in [0, 0.1) is 13.8 Å². The van der Waals surface area contributed by atoms with Crippen LogP contribution in [-0.4, -0.2) is 22.5 Å². The van der Waals surface area contributed by atoms with E-state index in [0.29, 0.717) is 17.0 Å². The molecule has 0 atom stereocenters. The van der Waals surface area contributed by atoms with Crippen LogP contribution in [-0.2, 0) is 20.0 Å². The van der Waals surface area contributed by atoms with Crippen LogP contribution in [0.4, 0.5) is 5.69 Å². The zero-order chi connectivity index (χ0) is 22.6. The Morgan fingerprint density at radius 3 is 1.61 bits per heavy atom. The summed E-state index contributed by atoms with van der Waals surface area (Å²) in [4.78, 5) is 2.51. The van der Waals surface area contributed by atoms with E-state index in [-0.39, 0.29) is 9.79 Å². The standard InChI is InChI=1S/C22H23N3O4S2/c1-16-4-12-21(13-5-16)30(26,27)24-20-10-8-19(9-11-20)18(3)23-25-31(28,29)22-14-6-17(2)7-15-22/h4-15,24-25H,1-3H3/b23-18+. The van der Waals surface area contributed by atoms with Gasteiger partial charge in [-0.05, 0) is 62.7 Å². The van der Waals surface area contributed by atoms with Gasteiger partial charge >= 0.3 is 0 Å². The SMILES string of the molecule is C/C(=N\NS(=O)(=O)c1ccc(C)cc1)c1ccc(NS(=O)(=O)c2ccc(C)cc2)cc1. The van der Waals surface area contributed by atoms with Crippen LogP contribution in [0.2, 0.25) is 0 Å². The molecule has 0 aliphatic carbocycles. The predicted octanol–water partition coefficient (Wildman–Crippen LogP) is 3.81. The minimum absolute atomic E-state index is 0.121. The van der Waals surface area contributed by atoms with Crippen LogP contribution in [0.3, 0.4) is 0 Å². The Balaban J connectivity index is 1.71. The molecule has 3 aromatic carbocycles. The quantitative estimate of drug-likeness (QED) is 0.416. The maximum atomic E-state index is 12.5. The molecule has 0 saturated heterocycles. The highest BCUT2D eigenvalue weighted by molar-refractivity contribution is 7.92. The summed E-state index contributed by atoms with van der Waals surface area (Å²) < 4.78 is 52.2. The Hall–Kier alpha value is -3.17. The highest BCUT2D eigenvalue weighted by Gasteiger charge is 2.15. The van der Waals surface area contributed by atoms with Crippen molar-refractivity contribution in [3.05, 3.63) is 89.5 Å². The maximum absolute atomic E-state index is 12.5. The topological polar surface area (TPSA) is 105 Å². The molecule has 0 fully saturated rings. The lowest BCUT2D eigenvalue weighted by molar-refractivity contribution is 0.584. The highest BCUT2D eigenvalue weighted by Crippen LogP contribution is 2.18. The highest BCUT2D eigenvalue weighted by atomic mass is 32.2. The zero-order valence-electron chi connectivity index (χ0n) is 17.3. The molecule has 0 spiro atoms. The van der Waals surface area contributed by atoms with Gasteiger partial charge < -0.3 is 0 Å². The summed E-state index contributed by atoms with van der Waals surface area (Å²) in [5, 5.41) is 3.96. The molecule has 3 rings (SSSR count). The lowest BCUT2D eigenvalue weighted by Crippen LogP contribution is -2.20. The molecule has 0 heterocycles. The Kier molecular flexibility index (Phi) is 6.47. The third-order valence-electron chi connectivity index (χ3n) is 4.55. The summed E-state index contributed by atoms with van der Waals surface area (Å²) in [5.41, 5.74) is 3.39. The number of nitrogens with zero attached hydrogens (tertiary/aromatic N) is 1. The minimum atomic E-state index is -3.78. The van der Waals surface area contributed by atoms with E-state index in [1.807, 2.05) is 13.8 Å². The zero-order valence-corrected chi connectivity index (χ0v) is 19.0. The summed E-state index contributed by atoms with van der Waals surface area (Å²) in [6, 6.07) is 19.5. The van der Waals surface area contributed by atoms with Crippen molar-refractivity contribution in [2.75, 3.05) is 4.72 Å². The molecule has 0 saturated carbocycles. The molecule has 162 valence electrons. The first-order valence-corrected chi connectivity index (χ1v) is 12.4. The molecule has 31 heavy (non-hydrogen) atoms. The number of hydrogen-bond donors (Lipinski definition) is 2. The van der Waals surface area contributed by atoms with E-state index >= 15 is 0 Å². The second-order valence-corrected chi connectivity index (χ2v) is 10.4. The van der Waals surface area contributed by atoms with Crippen LogP contribution < -0.4 is 9.55 Å². The van der Waals surface area contributed by atoms with Gasteiger partial charge in [0.1, 0.15) is 0 Å². The summed E-state index contributed by atoms with van der Waals surface area (Å²) in [6.07, 6.45) is 0. The van der Waals surface area contributed by atoms with Gasteiger partial charge in [-0.15, -0.1) is 0 Å². The molecule has 0 radical (unpaired) electrons. The monoisotopic (exact) mass is 457 g/mol. The smallest absolute Gasteiger partial charge is 0.276 e. The molecule has 0 unspecified atom stereocenters. The first-order valence-electron chi connectivity index (χ1n) is 9.39. The third kappa shape index (κ3) is 5.71. The molecule has 2 N–H and O–H groups in total. The normalized spacial score (nSPS) is 12.4. The van der Waals surface area contributed by atoms with Crippen LogP contribution >= 0.6 is 0 Å². The first-order chi connectivity index (χ1) is 14.6. The van der Waals surface area contributed by atoms with E-state index in [9.17, 15) is 16.8 Å². The van der Waals surface area contributed by atoms with Crippen molar-refractivity contribution < 1.29 is 16.8 Å². The number of aryl methyl sites for hydroxylation is 2. The summed E-state index contributed by atoms with van der Waals surface area (Å²) >= 11 is 0. The second kappa shape index (κ2) is 8.91. The molecule has 0 aromatic heterocycles. The fourth-order valence-electron chi connectivity index (χ4n) is 2.67. The van der Waals surface area contributed by atoms with E-state index in [4.69, 9.17) is 0 Å². The maximum Gasteiger partial charge on any atom is 0.276 e. The summed E-state index contributed by atoms with van der Waals surface area (Å²) in [7, 11) is -7.47. The summed E-state index contributed by atoms with van der Waals surface area (Å²) in [6.45, 7) is 5.41. The molecule has 0 amide bonds. The van der Waals surface area contributed by atoms with Crippen molar-refractivity contribution in [2.45, 2.75) is 30.6 Å². The van der Waals surface area contributed by atoms with Gasteiger partial charge in [0.25, 0.3) is 20.0 Å². The molecule has 9 heteroatoms. The summed E-state index contributed by atoms with van der Waals surface area (Å²) in [5.74, 6) is 0. The molecule has 0 bridgehead atoms. The fraction of sp³-hybridized carbons (Fsp3) is 0.136. The van der Waals surface area contributed by atoms with Gasteiger partial charge in [0, 0.05) is 5.69 Å². The van der Waals surface area contributed by atoms with Gasteiger partial charge in [-0.25, -0.2) is 8.42 Å². The van der Waals surface area contributed by atoms with E-state index in [0.717, 1.165) is 11.1 Å². The largest absolute Gasteiger partial charge is 0.280 e. The van der Waals surface area contributed by atoms with E-state index in [2.05, 4.69) is 14.7 Å². The number of benzene rings is 3. The molecule has 7 nitrogen and oxygen atoms in total. The average Bonchev–Trinajstić information content (AvgIpc) is 2.73. The van der Waals surface area contributed by atoms with Crippen molar-refractivity contribution in [1.82, 2.24) is 4.83 Å². The third-order valence-corrected chi connectivity index (χ3v) is 7.17. The van der Waals surface area contributed by atoms with Gasteiger partial charge in [-0.2, -0.15) is 18.4 Å². The van der Waals surface area contributed by atoms with Crippen molar-refractivity contribution >= 4 is 31.4 Å². The Labute approximate surface area is 182 Å². The van der Waals surface area contributed by atoms with Crippen LogP contribution in [0.25, 0.3) is 0 Å². The van der Waals surface area contributed by atoms with Crippen molar-refractivity contribution in [1.29, 1.82) is 0 Å².